The number of carbonyl (C=O) groups is 5. The van der Waals surface area contributed by atoms with Crippen LogP contribution in [0.5, 0.6) is 0 Å². The van der Waals surface area contributed by atoms with Crippen molar-refractivity contribution in [1.29, 1.82) is 0 Å². The molecular weight excluding hydrogens is 919 g/mol. The van der Waals surface area contributed by atoms with Crippen molar-refractivity contribution in [2.75, 3.05) is 67.5 Å². The van der Waals surface area contributed by atoms with E-state index >= 15 is 4.79 Å². The van der Waals surface area contributed by atoms with E-state index in [1.54, 1.807) is 6.20 Å². The van der Waals surface area contributed by atoms with E-state index in [-0.39, 0.29) is 53.5 Å². The van der Waals surface area contributed by atoms with Gasteiger partial charge in [0.1, 0.15) is 11.3 Å². The predicted octanol–water partition coefficient (Wildman–Crippen LogP) is 7.33. The molecule has 2 saturated carbocycles. The van der Waals surface area contributed by atoms with Crippen molar-refractivity contribution in [1.82, 2.24) is 39.5 Å². The van der Waals surface area contributed by atoms with E-state index in [9.17, 15) is 19.2 Å². The highest BCUT2D eigenvalue weighted by Gasteiger charge is 2.56. The van der Waals surface area contributed by atoms with E-state index in [2.05, 4.69) is 79.9 Å². The van der Waals surface area contributed by atoms with Gasteiger partial charge in [-0.2, -0.15) is 0 Å². The SMILES string of the molecule is CC(C)n1cnc2cc(-c3ccc4c(c3)N(C3CC(N5CCCCC5)C3)C(=O)C43CCN(C(=O)C4(C)CCN(C(=O)CC5CCN(c6ccc(C7CCC(=O)NC7=O)cn6)CC5)CC4)CC3)nc(NC3CC3)c21. The Morgan fingerprint density at radius 2 is 1.55 bits per heavy atom. The minimum Gasteiger partial charge on any atom is -0.366 e. The normalized spacial score (nSPS) is 25.6. The number of benzene rings is 1. The van der Waals surface area contributed by atoms with Crippen molar-refractivity contribution in [2.45, 2.75) is 159 Å². The smallest absolute Gasteiger partial charge is 0.238 e. The second-order valence-electron chi connectivity index (χ2n) is 23.6. The Labute approximate surface area is 429 Å². The molecular formula is C57H73N11O5. The molecule has 1 atom stereocenters. The quantitative estimate of drug-likeness (QED) is 0.144. The van der Waals surface area contributed by atoms with Gasteiger partial charge in [-0.1, -0.05) is 31.5 Å². The molecule has 2 N–H and O–H groups in total. The Kier molecular flexibility index (Phi) is 12.6. The van der Waals surface area contributed by atoms with Gasteiger partial charge >= 0.3 is 0 Å². The van der Waals surface area contributed by atoms with Crippen LogP contribution in [-0.2, 0) is 29.4 Å². The van der Waals surface area contributed by atoms with Gasteiger partial charge < -0.3 is 34.4 Å². The maximum absolute atomic E-state index is 15.3. The molecule has 4 aromatic rings. The number of pyridine rings is 2. The number of anilines is 3. The fraction of sp³-hybridized carbons (Fsp3) is 0.614. The number of amides is 5. The third-order valence-electron chi connectivity index (χ3n) is 18.5. The summed E-state index contributed by atoms with van der Waals surface area (Å²) in [5.41, 5.74) is 5.48. The molecule has 386 valence electrons. The highest BCUT2D eigenvalue weighted by atomic mass is 16.2. The van der Waals surface area contributed by atoms with Crippen molar-refractivity contribution < 1.29 is 24.0 Å². The summed E-state index contributed by atoms with van der Waals surface area (Å²) < 4.78 is 2.20. The van der Waals surface area contributed by atoms with Crippen LogP contribution in [-0.4, -0.2) is 134 Å². The molecule has 16 heteroatoms. The molecule has 5 amide bonds. The molecule has 6 aliphatic heterocycles. The summed E-state index contributed by atoms with van der Waals surface area (Å²) in [5.74, 6) is 1.72. The molecule has 16 nitrogen and oxygen atoms in total. The summed E-state index contributed by atoms with van der Waals surface area (Å²) >= 11 is 0. The molecule has 3 aromatic heterocycles. The number of hydrogen-bond donors (Lipinski definition) is 2. The first-order valence-corrected chi connectivity index (χ1v) is 27.8. The first kappa shape index (κ1) is 48.1. The molecule has 9 heterocycles. The van der Waals surface area contributed by atoms with Gasteiger partial charge in [-0.3, -0.25) is 29.3 Å². The van der Waals surface area contributed by atoms with Crippen LogP contribution in [0.25, 0.3) is 22.3 Å². The highest BCUT2D eigenvalue weighted by molar-refractivity contribution is 6.09. The fourth-order valence-corrected chi connectivity index (χ4v) is 13.5. The number of likely N-dealkylation sites (tertiary alicyclic amines) is 3. The number of aromatic nitrogens is 4. The fourth-order valence-electron chi connectivity index (χ4n) is 13.5. The third-order valence-corrected chi connectivity index (χ3v) is 18.5. The molecule has 1 aromatic carbocycles. The van der Waals surface area contributed by atoms with E-state index < -0.39 is 10.8 Å². The van der Waals surface area contributed by atoms with Gasteiger partial charge in [-0.15, -0.1) is 0 Å². The van der Waals surface area contributed by atoms with E-state index in [0.29, 0.717) is 83.2 Å². The van der Waals surface area contributed by atoms with Crippen LogP contribution in [0.3, 0.4) is 0 Å². The van der Waals surface area contributed by atoms with E-state index in [1.807, 2.05) is 28.3 Å². The minimum atomic E-state index is -0.682. The second kappa shape index (κ2) is 19.1. The summed E-state index contributed by atoms with van der Waals surface area (Å²) in [6, 6.07) is 13.9. The van der Waals surface area contributed by atoms with Crippen LogP contribution >= 0.6 is 0 Å². The largest absolute Gasteiger partial charge is 0.366 e. The van der Waals surface area contributed by atoms with Crippen molar-refractivity contribution in [3.63, 3.8) is 0 Å². The lowest BCUT2D eigenvalue weighted by Gasteiger charge is -2.48. The molecule has 0 bridgehead atoms. The summed E-state index contributed by atoms with van der Waals surface area (Å²) in [6.07, 6.45) is 17.3. The lowest BCUT2D eigenvalue weighted by Crippen LogP contribution is -2.59. The zero-order valence-electron chi connectivity index (χ0n) is 43.1. The number of imidazole rings is 1. The Morgan fingerprint density at radius 3 is 2.23 bits per heavy atom. The van der Waals surface area contributed by atoms with Crippen molar-refractivity contribution >= 4 is 57.9 Å². The Balaban J connectivity index is 0.689. The standard InChI is InChI=1S/C57H73N11O5/c1-36(2)67-35-59-46-33-45(61-52(51(46)67)60-40-9-10-40)38-7-12-44-47(30-38)68(42-31-41(32-42)63-21-5-4-6-22-63)55(73)57(44)19-27-66(28-20-57)54(72)56(3)17-25-65(26-18-56)50(70)29-37-15-23-64(24-16-37)48-13-8-39(34-58-48)43-11-14-49(69)62-53(43)71/h7-8,12-13,30,33-37,40-43H,4-6,9-11,14-29,31-32H2,1-3H3,(H,60,61)(H,62,69,71). The summed E-state index contributed by atoms with van der Waals surface area (Å²) in [7, 11) is 0. The molecule has 8 aliphatic rings. The first-order chi connectivity index (χ1) is 35.3. The number of nitrogens with zero attached hydrogens (tertiary/aromatic N) is 9. The van der Waals surface area contributed by atoms with E-state index in [1.165, 1.54) is 19.3 Å². The maximum atomic E-state index is 15.3. The summed E-state index contributed by atoms with van der Waals surface area (Å²) in [4.78, 5) is 93.5. The summed E-state index contributed by atoms with van der Waals surface area (Å²) in [5, 5.41) is 6.14. The number of piperidine rings is 5. The van der Waals surface area contributed by atoms with Gasteiger partial charge in [0.25, 0.3) is 0 Å². The highest BCUT2D eigenvalue weighted by Crippen LogP contribution is 2.53. The number of nitrogens with one attached hydrogen (secondary N) is 2. The topological polar surface area (TPSA) is 169 Å². The molecule has 5 saturated heterocycles. The Morgan fingerprint density at radius 1 is 0.808 bits per heavy atom. The number of imide groups is 1. The zero-order chi connectivity index (χ0) is 50.2. The van der Waals surface area contributed by atoms with E-state index in [4.69, 9.17) is 9.97 Å². The second-order valence-corrected chi connectivity index (χ2v) is 23.6. The number of rotatable bonds is 11. The van der Waals surface area contributed by atoms with Crippen molar-refractivity contribution in [2.24, 2.45) is 11.3 Å². The molecule has 73 heavy (non-hydrogen) atoms. The number of hydrogen-bond acceptors (Lipinski definition) is 11. The number of carbonyl (C=O) groups excluding carboxylic acids is 5. The van der Waals surface area contributed by atoms with Crippen LogP contribution in [0.4, 0.5) is 17.3 Å². The van der Waals surface area contributed by atoms with Crippen molar-refractivity contribution in [3.05, 3.63) is 60.0 Å². The third kappa shape index (κ3) is 8.96. The Bertz CT molecular complexity index is 2790. The van der Waals surface area contributed by atoms with Gasteiger partial charge in [-0.25, -0.2) is 15.0 Å². The lowest BCUT2D eigenvalue weighted by atomic mass is 9.72. The Hall–Kier alpha value is -5.90. The van der Waals surface area contributed by atoms with Crippen LogP contribution in [0.2, 0.25) is 0 Å². The zero-order valence-corrected chi connectivity index (χ0v) is 43.1. The predicted molar refractivity (Wildman–Crippen MR) is 280 cm³/mol. The number of fused-ring (bicyclic) bond motifs is 3. The average Bonchev–Trinajstić information content (AvgIpc) is 4.06. The first-order valence-electron chi connectivity index (χ1n) is 27.8. The monoisotopic (exact) mass is 992 g/mol. The van der Waals surface area contributed by atoms with Crippen LogP contribution < -0.4 is 20.4 Å². The van der Waals surface area contributed by atoms with Gasteiger partial charge in [0.05, 0.1) is 28.9 Å². The molecule has 12 rings (SSSR count). The molecule has 0 radical (unpaired) electrons. The van der Waals surface area contributed by atoms with Gasteiger partial charge in [0.15, 0.2) is 5.82 Å². The molecule has 7 fully saturated rings. The van der Waals surface area contributed by atoms with Gasteiger partial charge in [0.2, 0.25) is 29.5 Å². The van der Waals surface area contributed by atoms with Crippen LogP contribution in [0.1, 0.15) is 147 Å². The van der Waals surface area contributed by atoms with Crippen molar-refractivity contribution in [3.8, 4) is 11.3 Å². The van der Waals surface area contributed by atoms with Gasteiger partial charge in [0, 0.05) is 99.1 Å². The minimum absolute atomic E-state index is 0.145. The lowest BCUT2D eigenvalue weighted by molar-refractivity contribution is -0.149. The van der Waals surface area contributed by atoms with Crippen LogP contribution in [0, 0.1) is 11.3 Å². The van der Waals surface area contributed by atoms with E-state index in [0.717, 1.165) is 115 Å². The van der Waals surface area contributed by atoms with Crippen LogP contribution in [0.15, 0.2) is 48.9 Å². The summed E-state index contributed by atoms with van der Waals surface area (Å²) in [6.45, 7) is 12.6. The molecule has 1 spiro atoms. The maximum Gasteiger partial charge on any atom is 0.238 e. The molecule has 1 unspecified atom stereocenters. The van der Waals surface area contributed by atoms with Gasteiger partial charge in [-0.05, 0) is 146 Å². The molecule has 2 aliphatic carbocycles. The average molecular weight is 992 g/mol.